The molecule has 0 radical (unpaired) electrons. The molecule has 2 atom stereocenters. The number of hydrogen-bond acceptors (Lipinski definition) is 4. The van der Waals surface area contributed by atoms with Gasteiger partial charge in [-0.2, -0.15) is 0 Å². The molecule has 0 amide bonds. The van der Waals surface area contributed by atoms with Crippen LogP contribution in [-0.2, 0) is 4.74 Å². The first kappa shape index (κ1) is 13.1. The highest BCUT2D eigenvalue weighted by Crippen LogP contribution is 2.34. The number of likely N-dealkylation sites (tertiary alicyclic amines) is 1. The molecule has 0 bridgehead atoms. The number of hydrogen-bond donors (Lipinski definition) is 1. The maximum absolute atomic E-state index is 6.04. The van der Waals surface area contributed by atoms with Crippen LogP contribution in [0.5, 0.6) is 0 Å². The van der Waals surface area contributed by atoms with Gasteiger partial charge in [0, 0.05) is 37.5 Å². The molecule has 1 aromatic carbocycles. The number of thiophene rings is 1. The van der Waals surface area contributed by atoms with E-state index in [-0.39, 0.29) is 0 Å². The molecule has 1 saturated heterocycles. The van der Waals surface area contributed by atoms with E-state index in [1.165, 1.54) is 15.6 Å². The van der Waals surface area contributed by atoms with Crippen LogP contribution in [0.3, 0.4) is 0 Å². The van der Waals surface area contributed by atoms with Gasteiger partial charge in [-0.25, -0.2) is 0 Å². The van der Waals surface area contributed by atoms with E-state index in [9.17, 15) is 0 Å². The topological polar surface area (TPSA) is 38.5 Å². The Hall–Kier alpha value is -0.940. The Morgan fingerprint density at radius 1 is 1.47 bits per heavy atom. The van der Waals surface area contributed by atoms with Crippen molar-refractivity contribution in [1.82, 2.24) is 4.90 Å². The summed E-state index contributed by atoms with van der Waals surface area (Å²) in [6.45, 7) is 2.73. The number of benzene rings is 1. The van der Waals surface area contributed by atoms with E-state index in [1.807, 2.05) is 11.3 Å². The van der Waals surface area contributed by atoms with Gasteiger partial charge in [0.2, 0.25) is 0 Å². The average molecular weight is 276 g/mol. The van der Waals surface area contributed by atoms with Crippen LogP contribution in [0.1, 0.15) is 18.0 Å². The molecule has 1 aromatic heterocycles. The third-order valence-corrected chi connectivity index (χ3v) is 5.03. The van der Waals surface area contributed by atoms with Crippen molar-refractivity contribution in [2.24, 2.45) is 5.73 Å². The highest BCUT2D eigenvalue weighted by Gasteiger charge is 2.29. The van der Waals surface area contributed by atoms with E-state index in [1.54, 1.807) is 7.11 Å². The van der Waals surface area contributed by atoms with Gasteiger partial charge in [-0.3, -0.25) is 4.90 Å². The highest BCUT2D eigenvalue weighted by molar-refractivity contribution is 7.17. The number of nitrogens with two attached hydrogens (primary N) is 1. The molecule has 0 spiro atoms. The molecule has 19 heavy (non-hydrogen) atoms. The fourth-order valence-electron chi connectivity index (χ4n) is 2.96. The van der Waals surface area contributed by atoms with Crippen molar-refractivity contribution in [3.05, 3.63) is 35.2 Å². The summed E-state index contributed by atoms with van der Waals surface area (Å²) in [5, 5.41) is 3.62. The lowest BCUT2D eigenvalue weighted by molar-refractivity contribution is 0.102. The molecule has 3 rings (SSSR count). The van der Waals surface area contributed by atoms with Crippen molar-refractivity contribution in [2.75, 3.05) is 26.7 Å². The lowest BCUT2D eigenvalue weighted by atomic mass is 10.0. The molecule has 2 N–H and O–H groups in total. The molecule has 4 heteroatoms. The van der Waals surface area contributed by atoms with E-state index in [0.717, 1.165) is 19.5 Å². The molecule has 1 aliphatic rings. The fourth-order valence-corrected chi connectivity index (χ4v) is 3.97. The van der Waals surface area contributed by atoms with Gasteiger partial charge in [0.25, 0.3) is 0 Å². The number of fused-ring (bicyclic) bond motifs is 1. The Balaban J connectivity index is 1.90. The van der Waals surface area contributed by atoms with Crippen molar-refractivity contribution < 1.29 is 4.74 Å². The number of methoxy groups -OCH3 is 1. The minimum absolute atomic E-state index is 0.316. The lowest BCUT2D eigenvalue weighted by Gasteiger charge is -2.26. The minimum Gasteiger partial charge on any atom is -0.380 e. The quantitative estimate of drug-likeness (QED) is 0.933. The van der Waals surface area contributed by atoms with Crippen molar-refractivity contribution >= 4 is 21.4 Å². The van der Waals surface area contributed by atoms with Gasteiger partial charge < -0.3 is 10.5 Å². The van der Waals surface area contributed by atoms with Crippen molar-refractivity contribution in [1.29, 1.82) is 0 Å². The van der Waals surface area contributed by atoms with E-state index in [0.29, 0.717) is 18.7 Å². The van der Waals surface area contributed by atoms with Gasteiger partial charge >= 0.3 is 0 Å². The first-order valence-corrected chi connectivity index (χ1v) is 7.64. The predicted molar refractivity (Wildman–Crippen MR) is 80.6 cm³/mol. The Kier molecular flexibility index (Phi) is 3.84. The Morgan fingerprint density at radius 3 is 3.05 bits per heavy atom. The second kappa shape index (κ2) is 5.59. The van der Waals surface area contributed by atoms with Crippen LogP contribution in [0, 0.1) is 0 Å². The van der Waals surface area contributed by atoms with Gasteiger partial charge in [0.15, 0.2) is 0 Å². The van der Waals surface area contributed by atoms with E-state index >= 15 is 0 Å². The van der Waals surface area contributed by atoms with Gasteiger partial charge in [0.1, 0.15) is 0 Å². The normalized spacial score (nSPS) is 22.1. The maximum Gasteiger partial charge on any atom is 0.0710 e. The number of nitrogens with zero attached hydrogens (tertiary/aromatic N) is 1. The fraction of sp³-hybridized carbons (Fsp3) is 0.467. The van der Waals surface area contributed by atoms with Crippen LogP contribution in [0.2, 0.25) is 0 Å². The van der Waals surface area contributed by atoms with E-state index in [2.05, 4.69) is 34.5 Å². The summed E-state index contributed by atoms with van der Waals surface area (Å²) in [4.78, 5) is 2.46. The van der Waals surface area contributed by atoms with Crippen molar-refractivity contribution in [3.8, 4) is 0 Å². The third kappa shape index (κ3) is 2.41. The Labute approximate surface area is 118 Å². The summed E-state index contributed by atoms with van der Waals surface area (Å²) >= 11 is 1.81. The highest BCUT2D eigenvalue weighted by atomic mass is 32.1. The van der Waals surface area contributed by atoms with Gasteiger partial charge in [-0.15, -0.1) is 11.3 Å². The van der Waals surface area contributed by atoms with Crippen LogP contribution >= 0.6 is 11.3 Å². The van der Waals surface area contributed by atoms with Crippen molar-refractivity contribution in [2.45, 2.75) is 18.6 Å². The molecule has 1 fully saturated rings. The summed E-state index contributed by atoms with van der Waals surface area (Å²) in [7, 11) is 1.80. The summed E-state index contributed by atoms with van der Waals surface area (Å²) < 4.78 is 6.81. The Morgan fingerprint density at radius 2 is 2.32 bits per heavy atom. The van der Waals surface area contributed by atoms with Crippen LogP contribution in [0.4, 0.5) is 0 Å². The number of rotatable bonds is 4. The smallest absolute Gasteiger partial charge is 0.0710 e. The molecular weight excluding hydrogens is 256 g/mol. The van der Waals surface area contributed by atoms with Gasteiger partial charge in [-0.05, 0) is 28.8 Å². The van der Waals surface area contributed by atoms with Gasteiger partial charge in [-0.1, -0.05) is 18.2 Å². The second-order valence-corrected chi connectivity index (χ2v) is 5.99. The molecule has 0 aliphatic carbocycles. The minimum atomic E-state index is 0.316. The largest absolute Gasteiger partial charge is 0.380 e. The van der Waals surface area contributed by atoms with Crippen LogP contribution < -0.4 is 5.73 Å². The maximum atomic E-state index is 6.04. The summed E-state index contributed by atoms with van der Waals surface area (Å²) in [6.07, 6.45) is 1.47. The number of ether oxygens (including phenoxy) is 1. The molecule has 2 unspecified atom stereocenters. The zero-order valence-electron chi connectivity index (χ0n) is 11.2. The third-order valence-electron chi connectivity index (χ3n) is 4.04. The monoisotopic (exact) mass is 276 g/mol. The molecule has 2 aromatic rings. The predicted octanol–water partition coefficient (Wildman–Crippen LogP) is 2.62. The summed E-state index contributed by atoms with van der Waals surface area (Å²) in [5.74, 6) is 0. The Bertz CT molecular complexity index is 554. The SMILES string of the molecule is COC1CCN(C(CN)c2csc3ccccc23)C1. The molecule has 2 heterocycles. The molecule has 0 saturated carbocycles. The van der Waals surface area contributed by atoms with Crippen LogP contribution in [-0.4, -0.2) is 37.7 Å². The standard InChI is InChI=1S/C15H20N2OS/c1-18-11-6-7-17(9-11)14(8-16)13-10-19-15-5-3-2-4-12(13)15/h2-5,10-11,14H,6-9,16H2,1H3. The molecule has 102 valence electrons. The lowest BCUT2D eigenvalue weighted by Crippen LogP contribution is -2.32. The first-order chi connectivity index (χ1) is 9.33. The second-order valence-electron chi connectivity index (χ2n) is 5.08. The van der Waals surface area contributed by atoms with Crippen molar-refractivity contribution in [3.63, 3.8) is 0 Å². The summed E-state index contributed by atoms with van der Waals surface area (Å²) in [5.41, 5.74) is 7.42. The zero-order chi connectivity index (χ0) is 13.2. The zero-order valence-corrected chi connectivity index (χ0v) is 12.0. The van der Waals surface area contributed by atoms with Crippen LogP contribution in [0.25, 0.3) is 10.1 Å². The first-order valence-electron chi connectivity index (χ1n) is 6.76. The van der Waals surface area contributed by atoms with Gasteiger partial charge in [0.05, 0.1) is 6.10 Å². The molecule has 3 nitrogen and oxygen atoms in total. The summed E-state index contributed by atoms with van der Waals surface area (Å²) in [6, 6.07) is 8.90. The molecular formula is C15H20N2OS. The van der Waals surface area contributed by atoms with E-state index in [4.69, 9.17) is 10.5 Å². The van der Waals surface area contributed by atoms with Crippen LogP contribution in [0.15, 0.2) is 29.6 Å². The molecule has 1 aliphatic heterocycles. The van der Waals surface area contributed by atoms with E-state index < -0.39 is 0 Å². The average Bonchev–Trinajstić information content (AvgIpc) is 3.07.